The molecule has 6 N–H and O–H groups in total. The van der Waals surface area contributed by atoms with Crippen LogP contribution >= 0.6 is 0 Å². The normalized spacial score (nSPS) is 13.0. The zero-order valence-corrected chi connectivity index (χ0v) is 17.7. The van der Waals surface area contributed by atoms with E-state index in [0.717, 1.165) is 35.8 Å². The molecule has 0 saturated carbocycles. The van der Waals surface area contributed by atoms with Crippen LogP contribution in [0.2, 0.25) is 0 Å². The average Bonchev–Trinajstić information content (AvgIpc) is 2.76. The number of amides is 1. The molecule has 0 spiro atoms. The number of aromatic amines is 1. The highest BCUT2D eigenvalue weighted by molar-refractivity contribution is 5.93. The Labute approximate surface area is 180 Å². The minimum atomic E-state index is -0.539. The van der Waals surface area contributed by atoms with Gasteiger partial charge in [0.25, 0.3) is 0 Å². The third kappa shape index (κ3) is 5.18. The number of nitrogen functional groups attached to an aromatic ring is 1. The number of H-pyrrole nitrogens is 1. The van der Waals surface area contributed by atoms with Crippen molar-refractivity contribution in [2.24, 2.45) is 0 Å². The van der Waals surface area contributed by atoms with Crippen molar-refractivity contribution in [3.63, 3.8) is 0 Å². The van der Waals surface area contributed by atoms with Gasteiger partial charge in [0.1, 0.15) is 5.82 Å². The number of nitrogens with zero attached hydrogens (tertiary/aromatic N) is 2. The molecule has 1 atom stereocenters. The van der Waals surface area contributed by atoms with Gasteiger partial charge >= 0.3 is 0 Å². The number of hydrogen-bond acceptors (Lipinski definition) is 7. The molecule has 0 aliphatic heterocycles. The Bertz CT molecular complexity index is 1130. The second kappa shape index (κ2) is 9.57. The van der Waals surface area contributed by atoms with Crippen LogP contribution in [0.3, 0.4) is 0 Å². The SMILES string of the molecule is CCCC[C@](C)(CO)Nc1nc(N)nc2cc(-c3cc(=O)[nH]cc3CNC=O)ccc12. The van der Waals surface area contributed by atoms with Crippen LogP contribution in [0.25, 0.3) is 22.0 Å². The van der Waals surface area contributed by atoms with E-state index >= 15 is 0 Å². The number of rotatable bonds is 10. The number of nitrogens with one attached hydrogen (secondary N) is 3. The first-order chi connectivity index (χ1) is 14.9. The van der Waals surface area contributed by atoms with Crippen molar-refractivity contribution in [1.29, 1.82) is 0 Å². The van der Waals surface area contributed by atoms with Crippen molar-refractivity contribution in [2.75, 3.05) is 17.7 Å². The largest absolute Gasteiger partial charge is 0.394 e. The maximum Gasteiger partial charge on any atom is 0.248 e. The third-order valence-electron chi connectivity index (χ3n) is 5.26. The fourth-order valence-corrected chi connectivity index (χ4v) is 3.51. The lowest BCUT2D eigenvalue weighted by Crippen LogP contribution is -2.39. The number of aliphatic hydroxyl groups excluding tert-OH is 1. The Kier molecular flexibility index (Phi) is 6.86. The van der Waals surface area contributed by atoms with E-state index in [-0.39, 0.29) is 24.7 Å². The van der Waals surface area contributed by atoms with E-state index in [0.29, 0.717) is 23.3 Å². The van der Waals surface area contributed by atoms with Crippen molar-refractivity contribution in [3.8, 4) is 11.1 Å². The molecule has 2 aromatic heterocycles. The number of carbonyl (C=O) groups is 1. The number of fused-ring (bicyclic) bond motifs is 1. The van der Waals surface area contributed by atoms with Crippen LogP contribution in [0.15, 0.2) is 35.3 Å². The van der Waals surface area contributed by atoms with Gasteiger partial charge in [-0.15, -0.1) is 0 Å². The number of pyridine rings is 1. The molecule has 0 unspecified atom stereocenters. The second-order valence-corrected chi connectivity index (χ2v) is 7.84. The molecule has 9 nitrogen and oxygen atoms in total. The summed E-state index contributed by atoms with van der Waals surface area (Å²) in [5.41, 5.74) is 8.01. The van der Waals surface area contributed by atoms with Gasteiger partial charge in [0.2, 0.25) is 17.9 Å². The van der Waals surface area contributed by atoms with Crippen molar-refractivity contribution < 1.29 is 9.90 Å². The first-order valence-electron chi connectivity index (χ1n) is 10.2. The molecule has 9 heteroatoms. The fourth-order valence-electron chi connectivity index (χ4n) is 3.51. The summed E-state index contributed by atoms with van der Waals surface area (Å²) in [5, 5.41) is 16.7. The first-order valence-corrected chi connectivity index (χ1v) is 10.2. The molecule has 31 heavy (non-hydrogen) atoms. The molecule has 164 valence electrons. The summed E-state index contributed by atoms with van der Waals surface area (Å²) in [4.78, 5) is 34.0. The smallest absolute Gasteiger partial charge is 0.248 e. The van der Waals surface area contributed by atoms with Gasteiger partial charge < -0.3 is 26.5 Å². The van der Waals surface area contributed by atoms with E-state index in [1.54, 1.807) is 6.20 Å². The molecule has 2 heterocycles. The summed E-state index contributed by atoms with van der Waals surface area (Å²) in [7, 11) is 0. The number of aromatic nitrogens is 3. The van der Waals surface area contributed by atoms with E-state index in [1.165, 1.54) is 6.07 Å². The van der Waals surface area contributed by atoms with Crippen LogP contribution in [0.5, 0.6) is 0 Å². The molecular formula is C22H28N6O3. The minimum Gasteiger partial charge on any atom is -0.394 e. The molecule has 0 aliphatic carbocycles. The summed E-state index contributed by atoms with van der Waals surface area (Å²) in [5.74, 6) is 0.659. The van der Waals surface area contributed by atoms with Gasteiger partial charge in [0.05, 0.1) is 17.7 Å². The van der Waals surface area contributed by atoms with Crippen LogP contribution < -0.4 is 21.9 Å². The highest BCUT2D eigenvalue weighted by atomic mass is 16.3. The standard InChI is InChI=1S/C22H28N6O3/c1-3-4-7-22(2,12-29)28-20-16-6-5-14(8-18(16)26-21(23)27-20)17-9-19(31)25-11-15(17)10-24-13-30/h5-6,8-9,11,13,29H,3-4,7,10,12H2,1-2H3,(H,24,30)(H,25,31)(H3,23,26,27,28)/t22-/m1/s1. The van der Waals surface area contributed by atoms with Crippen LogP contribution in [-0.4, -0.2) is 38.6 Å². The monoisotopic (exact) mass is 424 g/mol. The summed E-state index contributed by atoms with van der Waals surface area (Å²) in [6, 6.07) is 7.05. The predicted octanol–water partition coefficient (Wildman–Crippen LogP) is 2.17. The molecule has 3 rings (SSSR count). The Morgan fingerprint density at radius 1 is 1.29 bits per heavy atom. The lowest BCUT2D eigenvalue weighted by Gasteiger charge is -2.30. The number of aliphatic hydroxyl groups is 1. The van der Waals surface area contributed by atoms with Gasteiger partial charge in [-0.2, -0.15) is 4.98 Å². The summed E-state index contributed by atoms with van der Waals surface area (Å²) >= 11 is 0. The molecule has 3 aromatic rings. The first kappa shape index (κ1) is 22.2. The Morgan fingerprint density at radius 2 is 2.10 bits per heavy atom. The quantitative estimate of drug-likeness (QED) is 0.313. The van der Waals surface area contributed by atoms with E-state index < -0.39 is 5.54 Å². The second-order valence-electron chi connectivity index (χ2n) is 7.84. The Morgan fingerprint density at radius 3 is 2.81 bits per heavy atom. The lowest BCUT2D eigenvalue weighted by molar-refractivity contribution is -0.109. The molecule has 0 fully saturated rings. The van der Waals surface area contributed by atoms with Crippen molar-refractivity contribution in [1.82, 2.24) is 20.3 Å². The molecule has 1 amide bonds. The van der Waals surface area contributed by atoms with E-state index in [9.17, 15) is 14.7 Å². The van der Waals surface area contributed by atoms with E-state index in [2.05, 4.69) is 32.5 Å². The van der Waals surface area contributed by atoms with Gasteiger partial charge in [0.15, 0.2) is 0 Å². The number of hydrogen-bond donors (Lipinski definition) is 5. The average molecular weight is 425 g/mol. The van der Waals surface area contributed by atoms with Gasteiger partial charge in [-0.05, 0) is 42.2 Å². The number of unbranched alkanes of at least 4 members (excludes halogenated alkanes) is 1. The maximum absolute atomic E-state index is 11.9. The Hall–Kier alpha value is -3.46. The number of benzene rings is 1. The van der Waals surface area contributed by atoms with Crippen LogP contribution in [0.4, 0.5) is 11.8 Å². The predicted molar refractivity (Wildman–Crippen MR) is 122 cm³/mol. The van der Waals surface area contributed by atoms with Gasteiger partial charge in [0, 0.05) is 24.2 Å². The van der Waals surface area contributed by atoms with Crippen LogP contribution in [0, 0.1) is 0 Å². The highest BCUT2D eigenvalue weighted by Crippen LogP contribution is 2.30. The minimum absolute atomic E-state index is 0.0453. The third-order valence-corrected chi connectivity index (χ3v) is 5.26. The topological polar surface area (TPSA) is 146 Å². The highest BCUT2D eigenvalue weighted by Gasteiger charge is 2.24. The molecule has 1 aromatic carbocycles. The zero-order valence-electron chi connectivity index (χ0n) is 17.7. The van der Waals surface area contributed by atoms with Crippen molar-refractivity contribution in [3.05, 3.63) is 46.4 Å². The number of nitrogens with two attached hydrogens (primary N) is 1. The van der Waals surface area contributed by atoms with E-state index in [4.69, 9.17) is 5.73 Å². The fraction of sp³-hybridized carbons (Fsp3) is 0.364. The van der Waals surface area contributed by atoms with Gasteiger partial charge in [-0.3, -0.25) is 9.59 Å². The molecule has 0 radical (unpaired) electrons. The Balaban J connectivity index is 2.06. The molecular weight excluding hydrogens is 396 g/mol. The molecule has 0 saturated heterocycles. The summed E-state index contributed by atoms with van der Waals surface area (Å²) < 4.78 is 0. The molecule has 0 aliphatic rings. The summed E-state index contributed by atoms with van der Waals surface area (Å²) in [6.45, 7) is 4.28. The lowest BCUT2D eigenvalue weighted by atomic mass is 9.95. The number of anilines is 2. The van der Waals surface area contributed by atoms with E-state index in [1.807, 2.05) is 25.1 Å². The van der Waals surface area contributed by atoms with Crippen molar-refractivity contribution in [2.45, 2.75) is 45.2 Å². The van der Waals surface area contributed by atoms with Crippen LogP contribution in [0.1, 0.15) is 38.7 Å². The summed E-state index contributed by atoms with van der Waals surface area (Å²) in [6.07, 6.45) is 4.96. The number of carbonyl (C=O) groups excluding carboxylic acids is 1. The van der Waals surface area contributed by atoms with Gasteiger partial charge in [-0.25, -0.2) is 4.98 Å². The molecule has 0 bridgehead atoms. The van der Waals surface area contributed by atoms with Gasteiger partial charge in [-0.1, -0.05) is 25.8 Å². The van der Waals surface area contributed by atoms with Crippen molar-refractivity contribution >= 4 is 29.1 Å². The van der Waals surface area contributed by atoms with Crippen LogP contribution in [-0.2, 0) is 11.3 Å². The maximum atomic E-state index is 11.9. The zero-order chi connectivity index (χ0) is 22.4.